The predicted octanol–water partition coefficient (Wildman–Crippen LogP) is 1.39. The minimum atomic E-state index is -3.33. The first-order valence-electron chi connectivity index (χ1n) is 7.40. The molecule has 1 aromatic rings. The average Bonchev–Trinajstić information content (AvgIpc) is 2.82. The van der Waals surface area contributed by atoms with Crippen LogP contribution in [-0.2, 0) is 27.1 Å². The van der Waals surface area contributed by atoms with E-state index >= 15 is 0 Å². The zero-order chi connectivity index (χ0) is 15.3. The van der Waals surface area contributed by atoms with E-state index in [0.717, 1.165) is 30.6 Å². The average molecular weight is 312 g/mol. The topological polar surface area (TPSA) is 67.4 Å². The van der Waals surface area contributed by atoms with Gasteiger partial charge in [-0.2, -0.15) is 0 Å². The molecule has 0 aromatic heterocycles. The van der Waals surface area contributed by atoms with Crippen LogP contribution in [0.5, 0.6) is 0 Å². The molecule has 1 aliphatic heterocycles. The lowest BCUT2D eigenvalue weighted by Gasteiger charge is -2.16. The highest BCUT2D eigenvalue weighted by molar-refractivity contribution is 7.88. The first-order chi connectivity index (χ1) is 10.00. The van der Waals surface area contributed by atoms with Crippen molar-refractivity contribution in [3.8, 4) is 0 Å². The van der Waals surface area contributed by atoms with Crippen molar-refractivity contribution in [1.82, 2.24) is 10.0 Å². The van der Waals surface area contributed by atoms with Gasteiger partial charge >= 0.3 is 0 Å². The molecule has 5 nitrogen and oxygen atoms in total. The molecule has 2 N–H and O–H groups in total. The van der Waals surface area contributed by atoms with Gasteiger partial charge in [-0.3, -0.25) is 0 Å². The zero-order valence-electron chi connectivity index (χ0n) is 12.6. The van der Waals surface area contributed by atoms with Crippen molar-refractivity contribution in [2.45, 2.75) is 44.7 Å². The van der Waals surface area contributed by atoms with Crippen LogP contribution in [0.2, 0.25) is 0 Å². The molecule has 1 fully saturated rings. The highest BCUT2D eigenvalue weighted by Crippen LogP contribution is 2.15. The van der Waals surface area contributed by atoms with E-state index in [1.807, 2.05) is 31.2 Å². The Labute approximate surface area is 127 Å². The van der Waals surface area contributed by atoms with E-state index in [4.69, 9.17) is 4.74 Å². The van der Waals surface area contributed by atoms with Crippen LogP contribution in [0.3, 0.4) is 0 Å². The monoisotopic (exact) mass is 312 g/mol. The van der Waals surface area contributed by atoms with Crippen molar-refractivity contribution < 1.29 is 13.2 Å². The van der Waals surface area contributed by atoms with Gasteiger partial charge in [-0.05, 0) is 31.0 Å². The van der Waals surface area contributed by atoms with Gasteiger partial charge in [0.2, 0.25) is 10.0 Å². The second-order valence-electron chi connectivity index (χ2n) is 5.44. The maximum atomic E-state index is 12.2. The maximum Gasteiger partial charge on any atom is 0.216 e. The Hall–Kier alpha value is -0.950. The van der Waals surface area contributed by atoms with Crippen molar-refractivity contribution >= 4 is 10.0 Å². The second-order valence-corrected chi connectivity index (χ2v) is 7.20. The molecule has 1 aromatic carbocycles. The van der Waals surface area contributed by atoms with E-state index in [9.17, 15) is 8.42 Å². The fraction of sp³-hybridized carbons (Fsp3) is 0.600. The summed E-state index contributed by atoms with van der Waals surface area (Å²) in [4.78, 5) is 0. The molecule has 1 saturated heterocycles. The number of benzene rings is 1. The molecule has 0 saturated carbocycles. The van der Waals surface area contributed by atoms with Gasteiger partial charge in [0, 0.05) is 19.2 Å². The Bertz CT molecular complexity index is 543. The lowest BCUT2D eigenvalue weighted by molar-refractivity contribution is 0.117. The SMILES string of the molecule is CCNCc1ccc(CS(=O)(=O)NC2CCOC2C)cc1. The maximum absolute atomic E-state index is 12.2. The molecule has 0 spiro atoms. The third-order valence-electron chi connectivity index (χ3n) is 3.67. The van der Waals surface area contributed by atoms with Crippen molar-refractivity contribution in [3.63, 3.8) is 0 Å². The van der Waals surface area contributed by atoms with Crippen molar-refractivity contribution in [2.75, 3.05) is 13.2 Å². The standard InChI is InChI=1S/C15H24N2O3S/c1-3-16-10-13-4-6-14(7-5-13)11-21(18,19)17-15-8-9-20-12(15)2/h4-7,12,15-17H,3,8-11H2,1-2H3. The highest BCUT2D eigenvalue weighted by Gasteiger charge is 2.28. The first-order valence-corrected chi connectivity index (χ1v) is 9.05. The van der Waals surface area contributed by atoms with Crippen LogP contribution in [-0.4, -0.2) is 33.7 Å². The Morgan fingerprint density at radius 2 is 1.90 bits per heavy atom. The molecule has 1 heterocycles. The van der Waals surface area contributed by atoms with Gasteiger partial charge < -0.3 is 10.1 Å². The molecule has 0 aliphatic carbocycles. The van der Waals surface area contributed by atoms with Crippen LogP contribution in [0, 0.1) is 0 Å². The van der Waals surface area contributed by atoms with Gasteiger partial charge in [-0.15, -0.1) is 0 Å². The minimum Gasteiger partial charge on any atom is -0.377 e. The van der Waals surface area contributed by atoms with Crippen LogP contribution < -0.4 is 10.0 Å². The van der Waals surface area contributed by atoms with Crippen molar-refractivity contribution in [1.29, 1.82) is 0 Å². The van der Waals surface area contributed by atoms with E-state index in [-0.39, 0.29) is 17.9 Å². The number of rotatable bonds is 7. The molecule has 118 valence electrons. The van der Waals surface area contributed by atoms with Gasteiger partial charge in [0.15, 0.2) is 0 Å². The van der Waals surface area contributed by atoms with Gasteiger partial charge in [0.1, 0.15) is 0 Å². The van der Waals surface area contributed by atoms with Crippen LogP contribution in [0.15, 0.2) is 24.3 Å². The number of sulfonamides is 1. The zero-order valence-corrected chi connectivity index (χ0v) is 13.4. The van der Waals surface area contributed by atoms with Gasteiger partial charge in [-0.25, -0.2) is 13.1 Å². The fourth-order valence-electron chi connectivity index (χ4n) is 2.40. The summed E-state index contributed by atoms with van der Waals surface area (Å²) in [5.74, 6) is 0.0116. The lowest BCUT2D eigenvalue weighted by Crippen LogP contribution is -2.39. The lowest BCUT2D eigenvalue weighted by atomic mass is 10.1. The second kappa shape index (κ2) is 7.35. The summed E-state index contributed by atoms with van der Waals surface area (Å²) < 4.78 is 32.5. The summed E-state index contributed by atoms with van der Waals surface area (Å²) in [6.45, 7) is 6.30. The van der Waals surface area contributed by atoms with Crippen LogP contribution in [0.25, 0.3) is 0 Å². The molecule has 1 aliphatic rings. The van der Waals surface area contributed by atoms with E-state index < -0.39 is 10.0 Å². The molecule has 21 heavy (non-hydrogen) atoms. The Kier molecular flexibility index (Phi) is 5.75. The van der Waals surface area contributed by atoms with Gasteiger partial charge in [0.25, 0.3) is 0 Å². The van der Waals surface area contributed by atoms with E-state index in [0.29, 0.717) is 6.61 Å². The third-order valence-corrected chi connectivity index (χ3v) is 5.04. The summed E-state index contributed by atoms with van der Waals surface area (Å²) in [5.41, 5.74) is 1.96. The summed E-state index contributed by atoms with van der Waals surface area (Å²) in [6, 6.07) is 7.58. The molecule has 6 heteroatoms. The fourth-order valence-corrected chi connectivity index (χ4v) is 3.89. The molecular weight excluding hydrogens is 288 g/mol. The normalized spacial score (nSPS) is 22.6. The molecule has 0 bridgehead atoms. The summed E-state index contributed by atoms with van der Waals surface area (Å²) in [6.07, 6.45) is 0.685. The van der Waals surface area contributed by atoms with Gasteiger partial charge in [-0.1, -0.05) is 31.2 Å². The molecular formula is C15H24N2O3S. The quantitative estimate of drug-likeness (QED) is 0.798. The van der Waals surface area contributed by atoms with Crippen LogP contribution in [0.4, 0.5) is 0 Å². The molecule has 0 radical (unpaired) electrons. The summed E-state index contributed by atoms with van der Waals surface area (Å²) in [7, 11) is -3.33. The van der Waals surface area contributed by atoms with Crippen molar-refractivity contribution in [2.24, 2.45) is 0 Å². The first kappa shape index (κ1) is 16.4. The Balaban J connectivity index is 1.93. The van der Waals surface area contributed by atoms with E-state index in [1.165, 1.54) is 0 Å². The van der Waals surface area contributed by atoms with Crippen LogP contribution >= 0.6 is 0 Å². The number of nitrogens with one attached hydrogen (secondary N) is 2. The largest absolute Gasteiger partial charge is 0.377 e. The smallest absolute Gasteiger partial charge is 0.216 e. The van der Waals surface area contributed by atoms with Crippen LogP contribution in [0.1, 0.15) is 31.4 Å². The molecule has 2 unspecified atom stereocenters. The van der Waals surface area contributed by atoms with E-state index in [2.05, 4.69) is 17.0 Å². The minimum absolute atomic E-state index is 0.0116. The molecule has 2 atom stereocenters. The third kappa shape index (κ3) is 5.07. The molecule has 0 amide bonds. The summed E-state index contributed by atoms with van der Waals surface area (Å²) in [5, 5.41) is 3.24. The predicted molar refractivity (Wildman–Crippen MR) is 83.4 cm³/mol. The van der Waals surface area contributed by atoms with Crippen molar-refractivity contribution in [3.05, 3.63) is 35.4 Å². The molecule has 2 rings (SSSR count). The number of ether oxygens (including phenoxy) is 1. The Morgan fingerprint density at radius 1 is 1.24 bits per heavy atom. The summed E-state index contributed by atoms with van der Waals surface area (Å²) >= 11 is 0. The number of hydrogen-bond acceptors (Lipinski definition) is 4. The number of hydrogen-bond donors (Lipinski definition) is 2. The van der Waals surface area contributed by atoms with Gasteiger partial charge in [0.05, 0.1) is 11.9 Å². The van der Waals surface area contributed by atoms with E-state index in [1.54, 1.807) is 0 Å². The Morgan fingerprint density at radius 3 is 2.48 bits per heavy atom. The highest BCUT2D eigenvalue weighted by atomic mass is 32.2.